The van der Waals surface area contributed by atoms with Gasteiger partial charge < -0.3 is 14.2 Å². The minimum atomic E-state index is 0.0632. The molecule has 1 atom stereocenters. The van der Waals surface area contributed by atoms with Crippen LogP contribution in [0.25, 0.3) is 0 Å². The molecule has 0 rings (SSSR count). The van der Waals surface area contributed by atoms with Gasteiger partial charge in [0.25, 0.3) is 0 Å². The van der Waals surface area contributed by atoms with Crippen molar-refractivity contribution in [1.82, 2.24) is 0 Å². The molecule has 0 aromatic carbocycles. The van der Waals surface area contributed by atoms with Gasteiger partial charge in [-0.1, -0.05) is 103 Å². The fraction of sp³-hybridized carbons (Fsp3) is 1.00. The average molecular weight is 419 g/mol. The van der Waals surface area contributed by atoms with Gasteiger partial charge in [0, 0.05) is 13.7 Å². The largest absolute Gasteiger partial charge is 0.379 e. The molecule has 0 aliphatic carbocycles. The Hall–Kier alpha value is 0.230. The number of ether oxygens (including phenoxy) is 3. The van der Waals surface area contributed by atoms with E-state index in [-0.39, 0.29) is 6.10 Å². The lowest BCUT2D eigenvalue weighted by Crippen LogP contribution is -2.24. The molecule has 0 saturated heterocycles. The number of rotatable bonds is 24. The van der Waals surface area contributed by atoms with Crippen molar-refractivity contribution in [2.24, 2.45) is 0 Å². The van der Waals surface area contributed by atoms with Crippen LogP contribution in [0.4, 0.5) is 0 Å². The van der Waals surface area contributed by atoms with Gasteiger partial charge in [0.2, 0.25) is 0 Å². The summed E-state index contributed by atoms with van der Waals surface area (Å²) >= 11 is 1.69. The lowest BCUT2D eigenvalue weighted by atomic mass is 10.0. The van der Waals surface area contributed by atoms with Crippen LogP contribution < -0.4 is 0 Å². The molecule has 0 N–H and O–H groups in total. The van der Waals surface area contributed by atoms with Gasteiger partial charge in [0.1, 0.15) is 6.10 Å². The van der Waals surface area contributed by atoms with Crippen LogP contribution in [-0.4, -0.2) is 45.2 Å². The number of hydrogen-bond acceptors (Lipinski definition) is 4. The Morgan fingerprint density at radius 1 is 0.607 bits per heavy atom. The molecule has 0 aliphatic rings. The first-order valence-electron chi connectivity index (χ1n) is 12.0. The molecule has 0 bridgehead atoms. The minimum Gasteiger partial charge on any atom is -0.379 e. The summed E-state index contributed by atoms with van der Waals surface area (Å²) in [5.74, 6) is 0.721. The van der Waals surface area contributed by atoms with Crippen LogP contribution in [0.15, 0.2) is 0 Å². The zero-order valence-corrected chi connectivity index (χ0v) is 20.2. The van der Waals surface area contributed by atoms with Crippen molar-refractivity contribution in [2.75, 3.05) is 39.1 Å². The first-order chi connectivity index (χ1) is 13.8. The van der Waals surface area contributed by atoms with Crippen molar-refractivity contribution in [2.45, 2.75) is 116 Å². The molecule has 0 heterocycles. The zero-order valence-electron chi connectivity index (χ0n) is 19.4. The van der Waals surface area contributed by atoms with Gasteiger partial charge in [-0.05, 0) is 12.7 Å². The second-order valence-corrected chi connectivity index (χ2v) is 8.83. The predicted octanol–water partition coefficient (Wildman–Crippen LogP) is 7.62. The second kappa shape index (κ2) is 25.3. The Morgan fingerprint density at radius 3 is 1.46 bits per heavy atom. The molecule has 0 aromatic heterocycles. The van der Waals surface area contributed by atoms with Crippen molar-refractivity contribution < 1.29 is 14.2 Å². The van der Waals surface area contributed by atoms with E-state index in [0.717, 1.165) is 12.5 Å². The molecular formula is C24H50O3S. The van der Waals surface area contributed by atoms with E-state index in [0.29, 0.717) is 13.2 Å². The quantitative estimate of drug-likeness (QED) is 0.119. The third-order valence-electron chi connectivity index (χ3n) is 5.28. The lowest BCUT2D eigenvalue weighted by molar-refractivity contribution is -0.0332. The summed E-state index contributed by atoms with van der Waals surface area (Å²) in [6, 6.07) is 0. The van der Waals surface area contributed by atoms with E-state index in [1.165, 1.54) is 103 Å². The highest BCUT2D eigenvalue weighted by molar-refractivity contribution is 7.98. The van der Waals surface area contributed by atoms with Gasteiger partial charge in [-0.3, -0.25) is 0 Å². The van der Waals surface area contributed by atoms with Crippen molar-refractivity contribution in [3.63, 3.8) is 0 Å². The molecule has 0 aromatic rings. The molecule has 0 saturated carbocycles. The standard InChI is InChI=1S/C24H50O3S/c1-4-5-6-7-8-9-10-11-12-13-14-15-16-17-18-19-20-26-21-24(25-2)22-27-23-28-3/h24H,4-23H2,1-3H3. The molecule has 0 spiro atoms. The zero-order chi connectivity index (χ0) is 20.5. The van der Waals surface area contributed by atoms with Gasteiger partial charge in [0.05, 0.1) is 19.2 Å². The second-order valence-electron chi connectivity index (χ2n) is 8.01. The van der Waals surface area contributed by atoms with Crippen LogP contribution >= 0.6 is 11.8 Å². The van der Waals surface area contributed by atoms with E-state index in [1.54, 1.807) is 18.9 Å². The van der Waals surface area contributed by atoms with Crippen LogP contribution in [0.3, 0.4) is 0 Å². The Kier molecular flexibility index (Phi) is 25.5. The molecule has 3 nitrogen and oxygen atoms in total. The van der Waals surface area contributed by atoms with Crippen molar-refractivity contribution in [1.29, 1.82) is 0 Å². The fourth-order valence-electron chi connectivity index (χ4n) is 3.41. The van der Waals surface area contributed by atoms with E-state index < -0.39 is 0 Å². The normalized spacial score (nSPS) is 12.5. The predicted molar refractivity (Wildman–Crippen MR) is 125 cm³/mol. The molecule has 170 valence electrons. The SMILES string of the molecule is CCCCCCCCCCCCCCCCCCOCC(COCSC)OC. The van der Waals surface area contributed by atoms with Gasteiger partial charge in [-0.2, -0.15) is 0 Å². The summed E-state index contributed by atoms with van der Waals surface area (Å²) in [4.78, 5) is 0. The average Bonchev–Trinajstić information content (AvgIpc) is 2.71. The third kappa shape index (κ3) is 22.5. The molecule has 0 radical (unpaired) electrons. The maximum atomic E-state index is 5.72. The van der Waals surface area contributed by atoms with Crippen LogP contribution in [0.2, 0.25) is 0 Å². The van der Waals surface area contributed by atoms with E-state index >= 15 is 0 Å². The summed E-state index contributed by atoms with van der Waals surface area (Å²) in [5, 5.41) is 0. The summed E-state index contributed by atoms with van der Waals surface area (Å²) in [6.07, 6.45) is 24.6. The lowest BCUT2D eigenvalue weighted by Gasteiger charge is -2.15. The minimum absolute atomic E-state index is 0.0632. The van der Waals surface area contributed by atoms with Crippen LogP contribution in [0.5, 0.6) is 0 Å². The van der Waals surface area contributed by atoms with Crippen molar-refractivity contribution in [3.05, 3.63) is 0 Å². The summed E-state index contributed by atoms with van der Waals surface area (Å²) in [5.41, 5.74) is 0. The highest BCUT2D eigenvalue weighted by atomic mass is 32.2. The fourth-order valence-corrected chi connectivity index (χ4v) is 3.68. The highest BCUT2D eigenvalue weighted by Crippen LogP contribution is 2.13. The Labute approximate surface area is 181 Å². The Bertz CT molecular complexity index is 277. The van der Waals surface area contributed by atoms with Crippen LogP contribution in [-0.2, 0) is 14.2 Å². The monoisotopic (exact) mass is 418 g/mol. The first kappa shape index (κ1) is 28.2. The number of hydrogen-bond donors (Lipinski definition) is 0. The molecule has 0 aliphatic heterocycles. The first-order valence-corrected chi connectivity index (χ1v) is 13.4. The Morgan fingerprint density at radius 2 is 1.04 bits per heavy atom. The summed E-state index contributed by atoms with van der Waals surface area (Å²) < 4.78 is 16.6. The third-order valence-corrected chi connectivity index (χ3v) is 5.69. The molecular weight excluding hydrogens is 368 g/mol. The molecule has 4 heteroatoms. The van der Waals surface area contributed by atoms with Gasteiger partial charge in [-0.15, -0.1) is 11.8 Å². The summed E-state index contributed by atoms with van der Waals surface area (Å²) in [6.45, 7) is 4.40. The Balaban J connectivity index is 3.13. The van der Waals surface area contributed by atoms with E-state index in [4.69, 9.17) is 14.2 Å². The van der Waals surface area contributed by atoms with Gasteiger partial charge in [0.15, 0.2) is 0 Å². The van der Waals surface area contributed by atoms with Gasteiger partial charge in [-0.25, -0.2) is 0 Å². The smallest absolute Gasteiger partial charge is 0.104 e. The van der Waals surface area contributed by atoms with Gasteiger partial charge >= 0.3 is 0 Å². The topological polar surface area (TPSA) is 27.7 Å². The van der Waals surface area contributed by atoms with E-state index in [2.05, 4.69) is 6.92 Å². The number of unbranched alkanes of at least 4 members (excludes halogenated alkanes) is 15. The van der Waals surface area contributed by atoms with Crippen molar-refractivity contribution >= 4 is 11.8 Å². The molecule has 0 fully saturated rings. The maximum absolute atomic E-state index is 5.72. The maximum Gasteiger partial charge on any atom is 0.104 e. The molecule has 1 unspecified atom stereocenters. The van der Waals surface area contributed by atoms with E-state index in [9.17, 15) is 0 Å². The van der Waals surface area contributed by atoms with Crippen LogP contribution in [0, 0.1) is 0 Å². The summed E-state index contributed by atoms with van der Waals surface area (Å²) in [7, 11) is 1.73. The number of methoxy groups -OCH3 is 1. The van der Waals surface area contributed by atoms with Crippen LogP contribution in [0.1, 0.15) is 110 Å². The van der Waals surface area contributed by atoms with E-state index in [1.807, 2.05) is 6.26 Å². The molecule has 28 heavy (non-hydrogen) atoms. The molecule has 0 amide bonds. The number of thioether (sulfide) groups is 1. The van der Waals surface area contributed by atoms with Crippen molar-refractivity contribution in [3.8, 4) is 0 Å². The highest BCUT2D eigenvalue weighted by Gasteiger charge is 2.07.